The lowest BCUT2D eigenvalue weighted by atomic mass is 10.0. The molecular weight excluding hydrogens is 287 g/mol. The van der Waals surface area contributed by atoms with Gasteiger partial charge in [0.2, 0.25) is 0 Å². The number of hydrogen-bond acceptors (Lipinski definition) is 4. The molecule has 1 aliphatic rings. The molecule has 2 rings (SSSR count). The van der Waals surface area contributed by atoms with Gasteiger partial charge in [0.05, 0.1) is 0 Å². The van der Waals surface area contributed by atoms with E-state index < -0.39 is 0 Å². The van der Waals surface area contributed by atoms with Crippen LogP contribution in [-0.4, -0.2) is 41.3 Å². The van der Waals surface area contributed by atoms with E-state index in [4.69, 9.17) is 0 Å². The Morgan fingerprint density at radius 3 is 2.37 bits per heavy atom. The number of nitrogens with zero attached hydrogens (tertiary/aromatic N) is 1. The fourth-order valence-corrected chi connectivity index (χ4v) is 2.48. The predicted octanol–water partition coefficient (Wildman–Crippen LogP) is 2.30. The number of phenolic OH excluding ortho intramolecular Hbond substituents is 2. The average Bonchev–Trinajstić information content (AvgIpc) is 2.34. The standard InChI is InChI=1S/C13H20N2O2.2ClH/c1-2-12(15-7-5-14-6-8-15)11-4-3-10(16)9-13(11)17;;/h3-4,9,12,14,16-17H,2,5-8H2,1H3;2*1H/t12-;;/m0../s1. The summed E-state index contributed by atoms with van der Waals surface area (Å²) in [6, 6.07) is 5.11. The van der Waals surface area contributed by atoms with Gasteiger partial charge in [0.25, 0.3) is 0 Å². The molecule has 1 heterocycles. The van der Waals surface area contributed by atoms with Crippen LogP contribution in [0.1, 0.15) is 24.9 Å². The lowest BCUT2D eigenvalue weighted by Crippen LogP contribution is -2.45. The highest BCUT2D eigenvalue weighted by molar-refractivity contribution is 5.85. The number of rotatable bonds is 3. The van der Waals surface area contributed by atoms with Crippen LogP contribution in [-0.2, 0) is 0 Å². The smallest absolute Gasteiger partial charge is 0.124 e. The van der Waals surface area contributed by atoms with Crippen molar-refractivity contribution in [2.45, 2.75) is 19.4 Å². The molecule has 3 N–H and O–H groups in total. The molecule has 19 heavy (non-hydrogen) atoms. The molecule has 0 spiro atoms. The highest BCUT2D eigenvalue weighted by Crippen LogP contribution is 2.33. The Bertz CT molecular complexity index is 385. The summed E-state index contributed by atoms with van der Waals surface area (Å²) in [5, 5.41) is 22.6. The summed E-state index contributed by atoms with van der Waals surface area (Å²) in [5.74, 6) is 0.303. The summed E-state index contributed by atoms with van der Waals surface area (Å²) in [5.41, 5.74) is 0.909. The van der Waals surface area contributed by atoms with Gasteiger partial charge in [0.1, 0.15) is 11.5 Å². The lowest BCUT2D eigenvalue weighted by Gasteiger charge is -2.35. The number of hydrogen-bond donors (Lipinski definition) is 3. The van der Waals surface area contributed by atoms with Crippen molar-refractivity contribution in [3.63, 3.8) is 0 Å². The van der Waals surface area contributed by atoms with Crippen LogP contribution in [0, 0.1) is 0 Å². The first-order chi connectivity index (χ1) is 8.22. The van der Waals surface area contributed by atoms with Crippen molar-refractivity contribution < 1.29 is 10.2 Å². The van der Waals surface area contributed by atoms with Crippen molar-refractivity contribution in [2.75, 3.05) is 26.2 Å². The molecule has 0 bridgehead atoms. The van der Waals surface area contributed by atoms with Gasteiger partial charge < -0.3 is 15.5 Å². The van der Waals surface area contributed by atoms with Crippen molar-refractivity contribution in [1.29, 1.82) is 0 Å². The zero-order valence-electron chi connectivity index (χ0n) is 11.0. The van der Waals surface area contributed by atoms with Crippen LogP contribution in [0.5, 0.6) is 11.5 Å². The molecule has 0 unspecified atom stereocenters. The number of aromatic hydroxyl groups is 2. The monoisotopic (exact) mass is 308 g/mol. The normalized spacial score (nSPS) is 17.1. The molecule has 0 aliphatic carbocycles. The predicted molar refractivity (Wildman–Crippen MR) is 81.7 cm³/mol. The van der Waals surface area contributed by atoms with Gasteiger partial charge in [-0.2, -0.15) is 0 Å². The maximum atomic E-state index is 9.92. The van der Waals surface area contributed by atoms with Crippen molar-refractivity contribution >= 4 is 24.8 Å². The summed E-state index contributed by atoms with van der Waals surface area (Å²) in [6.07, 6.45) is 0.957. The number of phenols is 2. The van der Waals surface area contributed by atoms with Gasteiger partial charge >= 0.3 is 0 Å². The first-order valence-corrected chi connectivity index (χ1v) is 6.19. The Labute approximate surface area is 126 Å². The molecule has 1 saturated heterocycles. The second-order valence-corrected chi connectivity index (χ2v) is 4.45. The summed E-state index contributed by atoms with van der Waals surface area (Å²) in [6.45, 7) is 6.11. The van der Waals surface area contributed by atoms with E-state index in [-0.39, 0.29) is 42.4 Å². The molecule has 1 fully saturated rings. The lowest BCUT2D eigenvalue weighted by molar-refractivity contribution is 0.167. The fraction of sp³-hybridized carbons (Fsp3) is 0.538. The third kappa shape index (κ3) is 4.42. The van der Waals surface area contributed by atoms with E-state index in [1.807, 2.05) is 6.07 Å². The summed E-state index contributed by atoms with van der Waals surface area (Å²) in [7, 11) is 0. The molecule has 1 aromatic rings. The van der Waals surface area contributed by atoms with E-state index in [1.165, 1.54) is 6.07 Å². The van der Waals surface area contributed by atoms with E-state index in [0.717, 1.165) is 38.2 Å². The van der Waals surface area contributed by atoms with Gasteiger partial charge in [-0.25, -0.2) is 0 Å². The molecule has 6 heteroatoms. The first kappa shape index (κ1) is 18.3. The Morgan fingerprint density at radius 2 is 1.84 bits per heavy atom. The Morgan fingerprint density at radius 1 is 1.21 bits per heavy atom. The van der Waals surface area contributed by atoms with Gasteiger partial charge in [-0.3, -0.25) is 4.90 Å². The second kappa shape index (κ2) is 8.48. The zero-order chi connectivity index (χ0) is 12.3. The maximum Gasteiger partial charge on any atom is 0.124 e. The van der Waals surface area contributed by atoms with Crippen molar-refractivity contribution in [3.05, 3.63) is 23.8 Å². The molecule has 4 nitrogen and oxygen atoms in total. The third-order valence-corrected chi connectivity index (χ3v) is 3.35. The summed E-state index contributed by atoms with van der Waals surface area (Å²) < 4.78 is 0. The van der Waals surface area contributed by atoms with Crippen LogP contribution in [0.15, 0.2) is 18.2 Å². The molecule has 0 radical (unpaired) electrons. The SMILES string of the molecule is CC[C@@H](c1ccc(O)cc1O)N1CCNCC1.Cl.Cl. The third-order valence-electron chi connectivity index (χ3n) is 3.35. The minimum Gasteiger partial charge on any atom is -0.508 e. The second-order valence-electron chi connectivity index (χ2n) is 4.45. The molecular formula is C13H22Cl2N2O2. The Hall–Kier alpha value is -0.680. The molecule has 110 valence electrons. The van der Waals surface area contributed by atoms with Gasteiger partial charge in [-0.05, 0) is 12.5 Å². The van der Waals surface area contributed by atoms with Crippen molar-refractivity contribution in [2.24, 2.45) is 0 Å². The van der Waals surface area contributed by atoms with Crippen LogP contribution < -0.4 is 5.32 Å². The number of piperazine rings is 1. The highest BCUT2D eigenvalue weighted by Gasteiger charge is 2.22. The van der Waals surface area contributed by atoms with Crippen LogP contribution in [0.25, 0.3) is 0 Å². The number of nitrogens with one attached hydrogen (secondary N) is 1. The van der Waals surface area contributed by atoms with Crippen LogP contribution in [0.3, 0.4) is 0 Å². The quantitative estimate of drug-likeness (QED) is 0.802. The largest absolute Gasteiger partial charge is 0.508 e. The highest BCUT2D eigenvalue weighted by atomic mass is 35.5. The minimum absolute atomic E-state index is 0. The van der Waals surface area contributed by atoms with Crippen molar-refractivity contribution in [1.82, 2.24) is 10.2 Å². The minimum atomic E-state index is 0. The molecule has 1 atom stereocenters. The van der Waals surface area contributed by atoms with Crippen LogP contribution >= 0.6 is 24.8 Å². The molecule has 0 saturated carbocycles. The molecule has 1 aliphatic heterocycles. The topological polar surface area (TPSA) is 55.7 Å². The number of halogens is 2. The molecule has 1 aromatic carbocycles. The Kier molecular flexibility index (Phi) is 8.18. The number of benzene rings is 1. The molecule has 0 aromatic heterocycles. The zero-order valence-corrected chi connectivity index (χ0v) is 12.6. The van der Waals surface area contributed by atoms with Gasteiger partial charge in [-0.1, -0.05) is 13.0 Å². The first-order valence-electron chi connectivity index (χ1n) is 6.19. The fourth-order valence-electron chi connectivity index (χ4n) is 2.48. The van der Waals surface area contributed by atoms with E-state index in [0.29, 0.717) is 0 Å². The van der Waals surface area contributed by atoms with Gasteiger partial charge in [-0.15, -0.1) is 24.8 Å². The van der Waals surface area contributed by atoms with E-state index >= 15 is 0 Å². The van der Waals surface area contributed by atoms with Crippen molar-refractivity contribution in [3.8, 4) is 11.5 Å². The van der Waals surface area contributed by atoms with E-state index in [9.17, 15) is 10.2 Å². The van der Waals surface area contributed by atoms with Gasteiger partial charge in [0.15, 0.2) is 0 Å². The maximum absolute atomic E-state index is 9.92. The Balaban J connectivity index is 0.00000162. The molecule has 0 amide bonds. The van der Waals surface area contributed by atoms with E-state index in [2.05, 4.69) is 17.1 Å². The van der Waals surface area contributed by atoms with E-state index in [1.54, 1.807) is 6.07 Å². The van der Waals surface area contributed by atoms with Gasteiger partial charge in [0, 0.05) is 43.9 Å². The van der Waals surface area contributed by atoms with Crippen LogP contribution in [0.2, 0.25) is 0 Å². The summed E-state index contributed by atoms with van der Waals surface area (Å²) >= 11 is 0. The summed E-state index contributed by atoms with van der Waals surface area (Å²) in [4.78, 5) is 2.38. The average molecular weight is 309 g/mol. The van der Waals surface area contributed by atoms with Crippen LogP contribution in [0.4, 0.5) is 0 Å².